The lowest BCUT2D eigenvalue weighted by atomic mass is 10.1. The van der Waals surface area contributed by atoms with E-state index in [0.717, 1.165) is 22.4 Å². The Morgan fingerprint density at radius 1 is 0.968 bits per heavy atom. The Bertz CT molecular complexity index is 1160. The summed E-state index contributed by atoms with van der Waals surface area (Å²) < 4.78 is 6.51. The summed E-state index contributed by atoms with van der Waals surface area (Å²) in [6.07, 6.45) is 0.188. The second-order valence-electron chi connectivity index (χ2n) is 6.94. The van der Waals surface area contributed by atoms with Gasteiger partial charge in [0, 0.05) is 17.1 Å². The first-order chi connectivity index (χ1) is 15.1. The second-order valence-corrected chi connectivity index (χ2v) is 7.37. The van der Waals surface area contributed by atoms with E-state index < -0.39 is 0 Å². The maximum absolute atomic E-state index is 13.1. The van der Waals surface area contributed by atoms with Gasteiger partial charge in [0.05, 0.1) is 13.5 Å². The van der Waals surface area contributed by atoms with Crippen LogP contribution in [0.4, 0.5) is 5.95 Å². The van der Waals surface area contributed by atoms with E-state index in [2.05, 4.69) is 15.4 Å². The molecular formula is C24H21ClN4O2. The number of rotatable bonds is 7. The minimum absolute atomic E-state index is 0.187. The number of nitrogens with zero attached hydrogens (tertiary/aromatic N) is 3. The highest BCUT2D eigenvalue weighted by Gasteiger charge is 2.18. The molecule has 1 N–H and O–H groups in total. The molecule has 4 rings (SSSR count). The number of benzene rings is 3. The first kappa shape index (κ1) is 20.6. The Hall–Kier alpha value is -3.64. The molecule has 156 valence electrons. The van der Waals surface area contributed by atoms with E-state index >= 15 is 0 Å². The van der Waals surface area contributed by atoms with Crippen LogP contribution in [0.15, 0.2) is 78.9 Å². The van der Waals surface area contributed by atoms with Crippen molar-refractivity contribution in [3.05, 3.63) is 95.0 Å². The van der Waals surface area contributed by atoms with Crippen LogP contribution in [0.25, 0.3) is 11.4 Å². The van der Waals surface area contributed by atoms with Crippen LogP contribution in [-0.4, -0.2) is 27.8 Å². The highest BCUT2D eigenvalue weighted by Crippen LogP contribution is 2.21. The third kappa shape index (κ3) is 5.10. The molecule has 0 amide bonds. The summed E-state index contributed by atoms with van der Waals surface area (Å²) in [5, 5.41) is 8.34. The molecule has 0 unspecified atom stereocenters. The Balaban J connectivity index is 1.61. The van der Waals surface area contributed by atoms with Gasteiger partial charge in [0.2, 0.25) is 5.95 Å². The SMILES string of the molecule is COc1ccc(CC(=O)n2nc(-c3ccc(Cl)cc3)nc2NCc2ccccc2)cc1. The molecule has 0 aliphatic rings. The topological polar surface area (TPSA) is 69.0 Å². The van der Waals surface area contributed by atoms with E-state index in [4.69, 9.17) is 16.3 Å². The van der Waals surface area contributed by atoms with Crippen molar-refractivity contribution in [1.29, 1.82) is 0 Å². The van der Waals surface area contributed by atoms with Crippen molar-refractivity contribution in [3.63, 3.8) is 0 Å². The molecule has 3 aromatic carbocycles. The average Bonchev–Trinajstić information content (AvgIpc) is 3.24. The second kappa shape index (κ2) is 9.45. The summed E-state index contributed by atoms with van der Waals surface area (Å²) in [7, 11) is 1.61. The highest BCUT2D eigenvalue weighted by atomic mass is 35.5. The number of anilines is 1. The largest absolute Gasteiger partial charge is 0.497 e. The van der Waals surface area contributed by atoms with Gasteiger partial charge in [0.1, 0.15) is 5.75 Å². The van der Waals surface area contributed by atoms with Crippen molar-refractivity contribution in [1.82, 2.24) is 14.8 Å². The number of nitrogens with one attached hydrogen (secondary N) is 1. The van der Waals surface area contributed by atoms with Gasteiger partial charge >= 0.3 is 0 Å². The molecule has 6 nitrogen and oxygen atoms in total. The molecule has 0 aliphatic heterocycles. The summed E-state index contributed by atoms with van der Waals surface area (Å²) in [4.78, 5) is 17.6. The fourth-order valence-corrected chi connectivity index (χ4v) is 3.22. The van der Waals surface area contributed by atoms with Crippen LogP contribution in [0.5, 0.6) is 5.75 Å². The lowest BCUT2D eigenvalue weighted by molar-refractivity contribution is 0.0901. The Kier molecular flexibility index (Phi) is 6.29. The minimum atomic E-state index is -0.187. The lowest BCUT2D eigenvalue weighted by Crippen LogP contribution is -2.18. The molecule has 0 spiro atoms. The van der Waals surface area contributed by atoms with Gasteiger partial charge in [-0.05, 0) is 47.5 Å². The van der Waals surface area contributed by atoms with Crippen molar-refractivity contribution in [2.24, 2.45) is 0 Å². The zero-order valence-corrected chi connectivity index (χ0v) is 17.7. The van der Waals surface area contributed by atoms with E-state index in [1.54, 1.807) is 19.2 Å². The molecule has 7 heteroatoms. The molecule has 0 saturated carbocycles. The van der Waals surface area contributed by atoms with Crippen LogP contribution < -0.4 is 10.1 Å². The van der Waals surface area contributed by atoms with Gasteiger partial charge in [-0.3, -0.25) is 4.79 Å². The molecule has 31 heavy (non-hydrogen) atoms. The van der Waals surface area contributed by atoms with Gasteiger partial charge < -0.3 is 10.1 Å². The summed E-state index contributed by atoms with van der Waals surface area (Å²) >= 11 is 5.99. The standard InChI is InChI=1S/C24H21ClN4O2/c1-31-21-13-7-17(8-14-21)15-22(30)29-24(26-16-18-5-3-2-4-6-18)27-23(28-29)19-9-11-20(25)12-10-19/h2-14H,15-16H2,1H3,(H,26,27,28). The fraction of sp³-hybridized carbons (Fsp3) is 0.125. The summed E-state index contributed by atoms with van der Waals surface area (Å²) in [6, 6.07) is 24.5. The predicted octanol–water partition coefficient (Wildman–Crippen LogP) is 5.10. The molecule has 0 saturated heterocycles. The third-order valence-electron chi connectivity index (χ3n) is 4.75. The van der Waals surface area contributed by atoms with Gasteiger partial charge in [-0.15, -0.1) is 5.10 Å². The first-order valence-electron chi connectivity index (χ1n) is 9.79. The molecule has 1 aromatic heterocycles. The molecule has 4 aromatic rings. The lowest BCUT2D eigenvalue weighted by Gasteiger charge is -2.08. The molecule has 0 bridgehead atoms. The van der Waals surface area contributed by atoms with Crippen LogP contribution in [0.3, 0.4) is 0 Å². The summed E-state index contributed by atoms with van der Waals surface area (Å²) in [5.41, 5.74) is 2.72. The quantitative estimate of drug-likeness (QED) is 0.440. The number of methoxy groups -OCH3 is 1. The molecule has 0 atom stereocenters. The van der Waals surface area contributed by atoms with Gasteiger partial charge in [-0.25, -0.2) is 0 Å². The molecule has 0 fully saturated rings. The number of hydrogen-bond acceptors (Lipinski definition) is 5. The Morgan fingerprint density at radius 2 is 1.68 bits per heavy atom. The summed E-state index contributed by atoms with van der Waals surface area (Å²) in [6.45, 7) is 0.523. The van der Waals surface area contributed by atoms with Crippen molar-refractivity contribution in [2.75, 3.05) is 12.4 Å². The van der Waals surface area contributed by atoms with E-state index in [-0.39, 0.29) is 12.3 Å². The number of halogens is 1. The zero-order chi connectivity index (χ0) is 21.6. The predicted molar refractivity (Wildman–Crippen MR) is 122 cm³/mol. The molecule has 1 heterocycles. The van der Waals surface area contributed by atoms with Crippen LogP contribution >= 0.6 is 11.6 Å². The van der Waals surface area contributed by atoms with Crippen LogP contribution in [0.1, 0.15) is 15.9 Å². The van der Waals surface area contributed by atoms with Crippen molar-refractivity contribution >= 4 is 23.5 Å². The summed E-state index contributed by atoms with van der Waals surface area (Å²) in [5.74, 6) is 1.41. The number of hydrogen-bond donors (Lipinski definition) is 1. The molecular weight excluding hydrogens is 412 g/mol. The van der Waals surface area contributed by atoms with E-state index in [1.165, 1.54) is 4.68 Å². The van der Waals surface area contributed by atoms with Gasteiger partial charge in [-0.1, -0.05) is 54.1 Å². The normalized spacial score (nSPS) is 10.6. The van der Waals surface area contributed by atoms with Crippen molar-refractivity contribution < 1.29 is 9.53 Å². The van der Waals surface area contributed by atoms with E-state index in [9.17, 15) is 4.79 Å². The third-order valence-corrected chi connectivity index (χ3v) is 5.01. The Morgan fingerprint density at radius 3 is 2.35 bits per heavy atom. The molecule has 0 aliphatic carbocycles. The monoisotopic (exact) mass is 432 g/mol. The number of aromatic nitrogens is 3. The van der Waals surface area contributed by atoms with Gasteiger partial charge in [-0.2, -0.15) is 9.67 Å². The maximum Gasteiger partial charge on any atom is 0.254 e. The first-order valence-corrected chi connectivity index (χ1v) is 10.2. The minimum Gasteiger partial charge on any atom is -0.497 e. The Labute approximate surface area is 185 Å². The number of carbonyl (C=O) groups excluding carboxylic acids is 1. The van der Waals surface area contributed by atoms with E-state index in [1.807, 2.05) is 66.7 Å². The average molecular weight is 433 g/mol. The van der Waals surface area contributed by atoms with Crippen LogP contribution in [-0.2, 0) is 13.0 Å². The van der Waals surface area contributed by atoms with E-state index in [0.29, 0.717) is 23.3 Å². The van der Waals surface area contributed by atoms with Crippen LogP contribution in [0.2, 0.25) is 5.02 Å². The number of ether oxygens (including phenoxy) is 1. The van der Waals surface area contributed by atoms with Crippen LogP contribution in [0, 0.1) is 0 Å². The molecule has 0 radical (unpaired) electrons. The van der Waals surface area contributed by atoms with Crippen molar-refractivity contribution in [2.45, 2.75) is 13.0 Å². The smallest absolute Gasteiger partial charge is 0.254 e. The maximum atomic E-state index is 13.1. The fourth-order valence-electron chi connectivity index (χ4n) is 3.09. The zero-order valence-electron chi connectivity index (χ0n) is 17.0. The highest BCUT2D eigenvalue weighted by molar-refractivity contribution is 6.30. The number of carbonyl (C=O) groups is 1. The van der Waals surface area contributed by atoms with Crippen molar-refractivity contribution in [3.8, 4) is 17.1 Å². The van der Waals surface area contributed by atoms with Gasteiger partial charge in [0.25, 0.3) is 5.91 Å². The van der Waals surface area contributed by atoms with Gasteiger partial charge in [0.15, 0.2) is 5.82 Å².